The van der Waals surface area contributed by atoms with Gasteiger partial charge in [-0.25, -0.2) is 0 Å². The topological polar surface area (TPSA) is 66.5 Å². The molecular weight excluding hydrogens is 312 g/mol. The molecule has 0 atom stereocenters. The van der Waals surface area contributed by atoms with Crippen molar-refractivity contribution in [3.63, 3.8) is 0 Å². The van der Waals surface area contributed by atoms with Crippen LogP contribution in [0, 0.1) is 0 Å². The lowest BCUT2D eigenvalue weighted by Crippen LogP contribution is -2.37. The number of hydrogen-bond acceptors (Lipinski definition) is 4. The highest BCUT2D eigenvalue weighted by atomic mass is 32.2. The van der Waals surface area contributed by atoms with Crippen LogP contribution in [0.5, 0.6) is 0 Å². The fourth-order valence-corrected chi connectivity index (χ4v) is 3.25. The van der Waals surface area contributed by atoms with Crippen LogP contribution in [0.25, 0.3) is 10.8 Å². The fraction of sp³-hybridized carbons (Fsp3) is 0.235. The predicted molar refractivity (Wildman–Crippen MR) is 90.2 cm³/mol. The minimum absolute atomic E-state index is 0.118. The molecule has 118 valence electrons. The molecule has 0 radical (unpaired) electrons. The fourth-order valence-electron chi connectivity index (χ4n) is 2.50. The smallest absolute Gasteiger partial charge is 0.288 e. The lowest BCUT2D eigenvalue weighted by molar-refractivity contribution is -0.125. The zero-order valence-electron chi connectivity index (χ0n) is 12.5. The van der Waals surface area contributed by atoms with Crippen molar-refractivity contribution in [3.05, 3.63) is 48.0 Å². The van der Waals surface area contributed by atoms with E-state index in [2.05, 4.69) is 5.32 Å². The van der Waals surface area contributed by atoms with E-state index >= 15 is 0 Å². The summed E-state index contributed by atoms with van der Waals surface area (Å²) in [5, 5.41) is 4.75. The van der Waals surface area contributed by atoms with E-state index in [-0.39, 0.29) is 42.3 Å². The van der Waals surface area contributed by atoms with E-state index in [0.29, 0.717) is 0 Å². The summed E-state index contributed by atoms with van der Waals surface area (Å²) in [6, 6.07) is 13.9. The van der Waals surface area contributed by atoms with Crippen molar-refractivity contribution in [3.8, 4) is 0 Å². The van der Waals surface area contributed by atoms with Crippen molar-refractivity contribution in [2.75, 3.05) is 18.8 Å². The van der Waals surface area contributed by atoms with Gasteiger partial charge in [0.1, 0.15) is 0 Å². The van der Waals surface area contributed by atoms with E-state index in [9.17, 15) is 14.4 Å². The maximum Gasteiger partial charge on any atom is 0.288 e. The Kier molecular flexibility index (Phi) is 4.62. The summed E-state index contributed by atoms with van der Waals surface area (Å²) in [7, 11) is 0. The monoisotopic (exact) mass is 328 g/mol. The number of amides is 3. The summed E-state index contributed by atoms with van der Waals surface area (Å²) in [5.41, 5.74) is 0.935. The Morgan fingerprint density at radius 1 is 1.13 bits per heavy atom. The molecule has 1 aliphatic rings. The third kappa shape index (κ3) is 3.71. The predicted octanol–water partition coefficient (Wildman–Crippen LogP) is 2.19. The van der Waals surface area contributed by atoms with Crippen molar-refractivity contribution in [2.24, 2.45) is 0 Å². The summed E-state index contributed by atoms with van der Waals surface area (Å²) in [6.07, 6.45) is 0.279. The number of rotatable bonds is 5. The van der Waals surface area contributed by atoms with Crippen LogP contribution in [0.3, 0.4) is 0 Å². The summed E-state index contributed by atoms with van der Waals surface area (Å²) >= 11 is 1.00. The molecule has 0 spiro atoms. The standard InChI is InChI=1S/C17H16N2O3S/c20-15(18-7-8-19-16(21)11-23-17(19)22)10-12-5-6-13-3-1-2-4-14(13)9-12/h1-6,9H,7-8,10-11H2,(H,18,20). The number of carbonyl (C=O) groups excluding carboxylic acids is 3. The van der Waals surface area contributed by atoms with Gasteiger partial charge in [0.25, 0.3) is 5.24 Å². The van der Waals surface area contributed by atoms with Gasteiger partial charge in [0.05, 0.1) is 12.2 Å². The van der Waals surface area contributed by atoms with Gasteiger partial charge in [0, 0.05) is 13.1 Å². The molecule has 0 bridgehead atoms. The molecule has 1 aliphatic heterocycles. The average Bonchev–Trinajstić information content (AvgIpc) is 2.86. The van der Waals surface area contributed by atoms with E-state index in [1.54, 1.807) is 0 Å². The molecule has 0 aromatic heterocycles. The number of carbonyl (C=O) groups is 3. The van der Waals surface area contributed by atoms with Crippen LogP contribution in [-0.2, 0) is 16.0 Å². The molecule has 1 heterocycles. The highest BCUT2D eigenvalue weighted by molar-refractivity contribution is 8.14. The molecule has 3 rings (SSSR count). The Morgan fingerprint density at radius 2 is 1.91 bits per heavy atom. The molecule has 1 fully saturated rings. The number of nitrogens with zero attached hydrogens (tertiary/aromatic N) is 1. The van der Waals surface area contributed by atoms with Gasteiger partial charge in [-0.2, -0.15) is 0 Å². The van der Waals surface area contributed by atoms with Crippen molar-refractivity contribution in [2.45, 2.75) is 6.42 Å². The molecule has 5 nitrogen and oxygen atoms in total. The SMILES string of the molecule is O=C(Cc1ccc2ccccc2c1)NCCN1C(=O)CSC1=O. The van der Waals surface area contributed by atoms with Gasteiger partial charge < -0.3 is 5.32 Å². The van der Waals surface area contributed by atoms with E-state index in [4.69, 9.17) is 0 Å². The summed E-state index contributed by atoms with van der Waals surface area (Å²) in [5.74, 6) is -0.111. The molecule has 0 saturated carbocycles. The van der Waals surface area contributed by atoms with Crippen LogP contribution in [0.15, 0.2) is 42.5 Å². The molecule has 1 N–H and O–H groups in total. The lowest BCUT2D eigenvalue weighted by atomic mass is 10.1. The van der Waals surface area contributed by atoms with E-state index in [1.165, 1.54) is 4.90 Å². The molecule has 2 aromatic carbocycles. The largest absolute Gasteiger partial charge is 0.354 e. The highest BCUT2D eigenvalue weighted by Gasteiger charge is 2.29. The molecule has 3 amide bonds. The normalized spacial score (nSPS) is 14.5. The molecule has 0 unspecified atom stereocenters. The molecule has 6 heteroatoms. The van der Waals surface area contributed by atoms with Crippen molar-refractivity contribution < 1.29 is 14.4 Å². The van der Waals surface area contributed by atoms with E-state index < -0.39 is 0 Å². The zero-order chi connectivity index (χ0) is 16.2. The third-order valence-corrected chi connectivity index (χ3v) is 4.54. The maximum absolute atomic E-state index is 12.0. The molecule has 0 aliphatic carbocycles. The Bertz CT molecular complexity index is 759. The Hall–Kier alpha value is -2.34. The van der Waals surface area contributed by atoms with Crippen LogP contribution in [0.4, 0.5) is 4.79 Å². The van der Waals surface area contributed by atoms with Crippen molar-refractivity contribution >= 4 is 39.6 Å². The van der Waals surface area contributed by atoms with Gasteiger partial charge in [-0.05, 0) is 16.3 Å². The molecule has 23 heavy (non-hydrogen) atoms. The number of thioether (sulfide) groups is 1. The van der Waals surface area contributed by atoms with Gasteiger partial charge in [-0.15, -0.1) is 0 Å². The summed E-state index contributed by atoms with van der Waals surface area (Å²) in [6.45, 7) is 0.512. The van der Waals surface area contributed by atoms with Crippen molar-refractivity contribution in [1.82, 2.24) is 10.2 Å². The van der Waals surface area contributed by atoms with Crippen LogP contribution >= 0.6 is 11.8 Å². The number of imide groups is 1. The van der Waals surface area contributed by atoms with Gasteiger partial charge in [0.2, 0.25) is 11.8 Å². The quantitative estimate of drug-likeness (QED) is 0.914. The highest BCUT2D eigenvalue weighted by Crippen LogP contribution is 2.18. The van der Waals surface area contributed by atoms with Gasteiger partial charge >= 0.3 is 0 Å². The maximum atomic E-state index is 12.0. The number of nitrogens with one attached hydrogen (secondary N) is 1. The second-order valence-corrected chi connectivity index (χ2v) is 6.23. The number of benzene rings is 2. The second-order valence-electron chi connectivity index (χ2n) is 5.31. The molecule has 2 aromatic rings. The molecular formula is C17H16N2O3S. The Morgan fingerprint density at radius 3 is 2.65 bits per heavy atom. The van der Waals surface area contributed by atoms with Gasteiger partial charge in [0.15, 0.2) is 0 Å². The Balaban J connectivity index is 1.52. The Labute approximate surface area is 138 Å². The van der Waals surface area contributed by atoms with Gasteiger partial charge in [-0.3, -0.25) is 19.3 Å². The van der Waals surface area contributed by atoms with E-state index in [1.807, 2.05) is 42.5 Å². The average molecular weight is 328 g/mol. The van der Waals surface area contributed by atoms with E-state index in [0.717, 1.165) is 28.1 Å². The second kappa shape index (κ2) is 6.83. The third-order valence-electron chi connectivity index (χ3n) is 3.68. The number of fused-ring (bicyclic) bond motifs is 1. The van der Waals surface area contributed by atoms with Crippen LogP contribution in [-0.4, -0.2) is 40.8 Å². The first-order valence-electron chi connectivity index (χ1n) is 7.35. The lowest BCUT2D eigenvalue weighted by Gasteiger charge is -2.13. The zero-order valence-corrected chi connectivity index (χ0v) is 13.3. The molecule has 1 saturated heterocycles. The first-order chi connectivity index (χ1) is 11.1. The minimum Gasteiger partial charge on any atom is -0.354 e. The van der Waals surface area contributed by atoms with Crippen molar-refractivity contribution in [1.29, 1.82) is 0 Å². The summed E-state index contributed by atoms with van der Waals surface area (Å²) < 4.78 is 0. The first kappa shape index (κ1) is 15.6. The van der Waals surface area contributed by atoms with Gasteiger partial charge in [-0.1, -0.05) is 54.2 Å². The summed E-state index contributed by atoms with van der Waals surface area (Å²) in [4.78, 5) is 36.0. The van der Waals surface area contributed by atoms with Crippen LogP contribution in [0.1, 0.15) is 5.56 Å². The van der Waals surface area contributed by atoms with Crippen LogP contribution < -0.4 is 5.32 Å². The van der Waals surface area contributed by atoms with Crippen LogP contribution in [0.2, 0.25) is 0 Å². The number of hydrogen-bond donors (Lipinski definition) is 1. The minimum atomic E-state index is -0.237. The first-order valence-corrected chi connectivity index (χ1v) is 8.33.